The second-order valence-electron chi connectivity index (χ2n) is 4.21. The maximum absolute atomic E-state index is 13.2. The first-order chi connectivity index (χ1) is 7.50. The molecule has 0 heterocycles. The summed E-state index contributed by atoms with van der Waals surface area (Å²) in [6.07, 6.45) is 0.357. The van der Waals surface area contributed by atoms with Gasteiger partial charge in [-0.2, -0.15) is 0 Å². The lowest BCUT2D eigenvalue weighted by atomic mass is 10.1. The molecule has 0 unspecified atom stereocenters. The van der Waals surface area contributed by atoms with E-state index in [4.69, 9.17) is 0 Å². The van der Waals surface area contributed by atoms with Gasteiger partial charge in [-0.1, -0.05) is 13.8 Å². The van der Waals surface area contributed by atoms with Gasteiger partial charge in [0, 0.05) is 6.07 Å². The van der Waals surface area contributed by atoms with E-state index in [-0.39, 0.29) is 5.56 Å². The molecule has 1 aromatic rings. The van der Waals surface area contributed by atoms with E-state index in [0.29, 0.717) is 24.9 Å². The van der Waals surface area contributed by atoms with Crippen molar-refractivity contribution in [3.05, 3.63) is 35.1 Å². The van der Waals surface area contributed by atoms with Crippen molar-refractivity contribution in [1.82, 2.24) is 5.32 Å². The molecule has 0 radical (unpaired) electrons. The molecule has 4 heteroatoms. The first kappa shape index (κ1) is 13.0. The molecule has 0 atom stereocenters. The van der Waals surface area contributed by atoms with E-state index >= 15 is 0 Å². The van der Waals surface area contributed by atoms with Gasteiger partial charge in [0.15, 0.2) is 11.6 Å². The second-order valence-corrected chi connectivity index (χ2v) is 4.21. The first-order valence-electron chi connectivity index (χ1n) is 5.35. The number of rotatable bonds is 5. The smallest absolute Gasteiger partial charge is 0.161 e. The average molecular weight is 231 g/mol. The summed E-state index contributed by atoms with van der Waals surface area (Å²) in [6.45, 7) is 5.50. The van der Waals surface area contributed by atoms with Crippen LogP contribution in [0.4, 0.5) is 13.2 Å². The molecule has 0 saturated carbocycles. The van der Waals surface area contributed by atoms with Gasteiger partial charge in [-0.25, -0.2) is 13.2 Å². The summed E-state index contributed by atoms with van der Waals surface area (Å²) in [5, 5.41) is 3.11. The number of nitrogens with one attached hydrogen (secondary N) is 1. The molecule has 0 amide bonds. The summed E-state index contributed by atoms with van der Waals surface area (Å²) in [4.78, 5) is 0. The molecule has 16 heavy (non-hydrogen) atoms. The van der Waals surface area contributed by atoms with Gasteiger partial charge in [-0.15, -0.1) is 0 Å². The molecule has 0 aromatic heterocycles. The maximum Gasteiger partial charge on any atom is 0.161 e. The summed E-state index contributed by atoms with van der Waals surface area (Å²) < 4.78 is 38.6. The molecule has 0 aliphatic carbocycles. The zero-order chi connectivity index (χ0) is 12.1. The van der Waals surface area contributed by atoms with Gasteiger partial charge in [0.25, 0.3) is 0 Å². The first-order valence-corrected chi connectivity index (χ1v) is 5.35. The Morgan fingerprint density at radius 3 is 2.31 bits per heavy atom. The van der Waals surface area contributed by atoms with Crippen LogP contribution in [0.5, 0.6) is 0 Å². The Labute approximate surface area is 93.7 Å². The van der Waals surface area contributed by atoms with E-state index in [2.05, 4.69) is 19.2 Å². The van der Waals surface area contributed by atoms with Crippen LogP contribution in [0.3, 0.4) is 0 Å². The van der Waals surface area contributed by atoms with Gasteiger partial charge in [-0.05, 0) is 37.1 Å². The van der Waals surface area contributed by atoms with Crippen LogP contribution in [0.2, 0.25) is 0 Å². The predicted octanol–water partition coefficient (Wildman–Crippen LogP) is 2.89. The highest BCUT2D eigenvalue weighted by molar-refractivity contribution is 5.20. The fraction of sp³-hybridized carbons (Fsp3) is 0.500. The number of hydrogen-bond donors (Lipinski definition) is 1. The van der Waals surface area contributed by atoms with Gasteiger partial charge < -0.3 is 5.32 Å². The summed E-state index contributed by atoms with van der Waals surface area (Å²) in [7, 11) is 0. The summed E-state index contributed by atoms with van der Waals surface area (Å²) >= 11 is 0. The average Bonchev–Trinajstić information content (AvgIpc) is 2.19. The highest BCUT2D eigenvalue weighted by atomic mass is 19.2. The number of halogens is 3. The van der Waals surface area contributed by atoms with Crippen LogP contribution in [0, 0.1) is 23.4 Å². The van der Waals surface area contributed by atoms with Gasteiger partial charge in [-0.3, -0.25) is 0 Å². The van der Waals surface area contributed by atoms with Crippen molar-refractivity contribution in [2.24, 2.45) is 5.92 Å². The van der Waals surface area contributed by atoms with Crippen molar-refractivity contribution >= 4 is 0 Å². The number of hydrogen-bond acceptors (Lipinski definition) is 1. The van der Waals surface area contributed by atoms with Gasteiger partial charge in [0.05, 0.1) is 0 Å². The molecule has 1 rings (SSSR count). The van der Waals surface area contributed by atoms with E-state index in [1.54, 1.807) is 0 Å². The minimum Gasteiger partial charge on any atom is -0.316 e. The van der Waals surface area contributed by atoms with E-state index in [1.165, 1.54) is 0 Å². The Morgan fingerprint density at radius 2 is 1.69 bits per heavy atom. The highest BCUT2D eigenvalue weighted by Crippen LogP contribution is 2.13. The molecular weight excluding hydrogens is 215 g/mol. The molecule has 1 N–H and O–H groups in total. The van der Waals surface area contributed by atoms with Gasteiger partial charge in [0.1, 0.15) is 5.82 Å². The molecule has 0 fully saturated rings. The Balaban J connectivity index is 2.51. The predicted molar refractivity (Wildman–Crippen MR) is 57.7 cm³/mol. The third-order valence-corrected chi connectivity index (χ3v) is 2.21. The van der Waals surface area contributed by atoms with E-state index < -0.39 is 17.5 Å². The van der Waals surface area contributed by atoms with Crippen molar-refractivity contribution in [3.8, 4) is 0 Å². The number of benzene rings is 1. The maximum atomic E-state index is 13.2. The largest absolute Gasteiger partial charge is 0.316 e. The van der Waals surface area contributed by atoms with Crippen LogP contribution in [0.15, 0.2) is 12.1 Å². The zero-order valence-corrected chi connectivity index (χ0v) is 9.49. The summed E-state index contributed by atoms with van der Waals surface area (Å²) in [5.74, 6) is -2.32. The van der Waals surface area contributed by atoms with Crippen molar-refractivity contribution in [3.63, 3.8) is 0 Å². The Hall–Kier alpha value is -1.03. The minimum atomic E-state index is -1.14. The molecule has 0 aliphatic rings. The Morgan fingerprint density at radius 1 is 1.06 bits per heavy atom. The standard InChI is InChI=1S/C12H16F3N/c1-8(2)7-16-4-3-9-5-11(14)12(15)6-10(9)13/h5-6,8,16H,3-4,7H2,1-2H3. The molecule has 1 aromatic carbocycles. The molecule has 0 saturated heterocycles. The van der Waals surface area contributed by atoms with Crippen LogP contribution >= 0.6 is 0 Å². The van der Waals surface area contributed by atoms with Crippen molar-refractivity contribution < 1.29 is 13.2 Å². The topological polar surface area (TPSA) is 12.0 Å². The third kappa shape index (κ3) is 3.85. The van der Waals surface area contributed by atoms with Crippen molar-refractivity contribution in [2.75, 3.05) is 13.1 Å². The zero-order valence-electron chi connectivity index (χ0n) is 9.49. The van der Waals surface area contributed by atoms with E-state index in [9.17, 15) is 13.2 Å². The Kier molecular flexibility index (Phi) is 4.80. The quantitative estimate of drug-likeness (QED) is 0.607. The van der Waals surface area contributed by atoms with Crippen LogP contribution in [0.25, 0.3) is 0 Å². The second kappa shape index (κ2) is 5.89. The van der Waals surface area contributed by atoms with E-state index in [0.717, 1.165) is 12.6 Å². The minimum absolute atomic E-state index is 0.204. The highest BCUT2D eigenvalue weighted by Gasteiger charge is 2.09. The van der Waals surface area contributed by atoms with Crippen molar-refractivity contribution in [2.45, 2.75) is 20.3 Å². The van der Waals surface area contributed by atoms with Crippen LogP contribution in [-0.2, 0) is 6.42 Å². The van der Waals surface area contributed by atoms with Crippen LogP contribution in [-0.4, -0.2) is 13.1 Å². The molecule has 0 spiro atoms. The monoisotopic (exact) mass is 231 g/mol. The fourth-order valence-corrected chi connectivity index (χ4v) is 1.37. The van der Waals surface area contributed by atoms with Crippen LogP contribution < -0.4 is 5.32 Å². The molecule has 0 aliphatic heterocycles. The Bertz CT molecular complexity index is 350. The van der Waals surface area contributed by atoms with Gasteiger partial charge in [0.2, 0.25) is 0 Å². The SMILES string of the molecule is CC(C)CNCCc1cc(F)c(F)cc1F. The van der Waals surface area contributed by atoms with E-state index in [1.807, 2.05) is 0 Å². The normalized spacial score (nSPS) is 11.1. The van der Waals surface area contributed by atoms with Crippen LogP contribution in [0.1, 0.15) is 19.4 Å². The van der Waals surface area contributed by atoms with Crippen molar-refractivity contribution in [1.29, 1.82) is 0 Å². The lowest BCUT2D eigenvalue weighted by Gasteiger charge is -2.08. The molecular formula is C12H16F3N. The fourth-order valence-electron chi connectivity index (χ4n) is 1.37. The molecule has 0 bridgehead atoms. The lowest BCUT2D eigenvalue weighted by Crippen LogP contribution is -2.22. The lowest BCUT2D eigenvalue weighted by molar-refractivity contribution is 0.487. The third-order valence-electron chi connectivity index (χ3n) is 2.21. The molecule has 90 valence electrons. The summed E-state index contributed by atoms with van der Waals surface area (Å²) in [6, 6.07) is 1.51. The van der Waals surface area contributed by atoms with Gasteiger partial charge >= 0.3 is 0 Å². The summed E-state index contributed by atoms with van der Waals surface area (Å²) in [5.41, 5.74) is 0.204. The molecule has 1 nitrogen and oxygen atoms in total.